The monoisotopic (exact) mass is 408 g/mol. The van der Waals surface area contributed by atoms with Crippen LogP contribution in [0.25, 0.3) is 10.9 Å². The summed E-state index contributed by atoms with van der Waals surface area (Å²) in [5.41, 5.74) is 7.03. The van der Waals surface area contributed by atoms with Gasteiger partial charge < -0.3 is 21.7 Å². The molecule has 0 spiro atoms. The number of carbonyl (C=O) groups is 1. The standard InChI is InChI=1S/C22H25FN6O/c1-25-18-6-2-3-7-19(18)28-22-16(23)12-15(20(24)30)21(29-22)27-14-8-9-17-13(11-14)5-4-10-26-17/h4-5,8-12,18-19,25H,2-3,6-7H2,1H3,(H2,24,30)(H2,27,28,29). The van der Waals surface area contributed by atoms with Gasteiger partial charge in [-0.15, -0.1) is 0 Å². The number of primary amides is 1. The highest BCUT2D eigenvalue weighted by Gasteiger charge is 2.26. The molecule has 30 heavy (non-hydrogen) atoms. The summed E-state index contributed by atoms with van der Waals surface area (Å²) in [6.07, 6.45) is 5.89. The van der Waals surface area contributed by atoms with Crippen molar-refractivity contribution in [3.05, 3.63) is 54.0 Å². The predicted molar refractivity (Wildman–Crippen MR) is 116 cm³/mol. The SMILES string of the molecule is CNC1CCCCC1Nc1nc(Nc2ccc3ncccc3c2)c(C(N)=O)cc1F. The number of nitrogens with one attached hydrogen (secondary N) is 3. The fourth-order valence-electron chi connectivity index (χ4n) is 3.99. The Bertz CT molecular complexity index is 1070. The summed E-state index contributed by atoms with van der Waals surface area (Å²) in [5.74, 6) is -1.02. The van der Waals surface area contributed by atoms with E-state index in [-0.39, 0.29) is 29.3 Å². The van der Waals surface area contributed by atoms with Gasteiger partial charge in [0.2, 0.25) is 0 Å². The lowest BCUT2D eigenvalue weighted by Crippen LogP contribution is -2.45. The van der Waals surface area contributed by atoms with Crippen LogP contribution in [0.4, 0.5) is 21.7 Å². The molecule has 0 aliphatic heterocycles. The third-order valence-corrected chi connectivity index (χ3v) is 5.57. The number of pyridine rings is 2. The van der Waals surface area contributed by atoms with Gasteiger partial charge in [0.1, 0.15) is 5.82 Å². The Labute approximate surface area is 174 Å². The molecular weight excluding hydrogens is 383 g/mol. The van der Waals surface area contributed by atoms with Crippen molar-refractivity contribution >= 4 is 34.1 Å². The number of rotatable bonds is 6. The Kier molecular flexibility index (Phi) is 5.76. The zero-order valence-electron chi connectivity index (χ0n) is 16.8. The molecule has 3 aromatic rings. The molecule has 0 saturated heterocycles. The molecule has 8 heteroatoms. The Balaban J connectivity index is 1.66. The molecule has 5 N–H and O–H groups in total. The molecular formula is C22H25FN6O. The maximum Gasteiger partial charge on any atom is 0.252 e. The number of fused-ring (bicyclic) bond motifs is 1. The third kappa shape index (κ3) is 4.18. The van der Waals surface area contributed by atoms with E-state index in [1.54, 1.807) is 6.20 Å². The van der Waals surface area contributed by atoms with Crippen molar-refractivity contribution < 1.29 is 9.18 Å². The number of amides is 1. The van der Waals surface area contributed by atoms with E-state index in [1.165, 1.54) is 0 Å². The van der Waals surface area contributed by atoms with Crippen LogP contribution < -0.4 is 21.7 Å². The smallest absolute Gasteiger partial charge is 0.252 e. The zero-order chi connectivity index (χ0) is 21.1. The maximum atomic E-state index is 14.7. The van der Waals surface area contributed by atoms with Crippen molar-refractivity contribution in [2.24, 2.45) is 5.73 Å². The summed E-state index contributed by atoms with van der Waals surface area (Å²) in [6, 6.07) is 10.8. The molecule has 1 aromatic carbocycles. The largest absolute Gasteiger partial charge is 0.365 e. The maximum absolute atomic E-state index is 14.7. The summed E-state index contributed by atoms with van der Waals surface area (Å²) in [4.78, 5) is 20.6. The quantitative estimate of drug-likeness (QED) is 0.497. The highest BCUT2D eigenvalue weighted by Crippen LogP contribution is 2.28. The Morgan fingerprint density at radius 1 is 1.13 bits per heavy atom. The topological polar surface area (TPSA) is 105 Å². The van der Waals surface area contributed by atoms with Crippen molar-refractivity contribution in [1.82, 2.24) is 15.3 Å². The summed E-state index contributed by atoms with van der Waals surface area (Å²) in [7, 11) is 1.91. The van der Waals surface area contributed by atoms with Crippen molar-refractivity contribution in [2.45, 2.75) is 37.8 Å². The number of carbonyl (C=O) groups excluding carboxylic acids is 1. The molecule has 1 saturated carbocycles. The van der Waals surface area contributed by atoms with Crippen LogP contribution in [-0.2, 0) is 0 Å². The second kappa shape index (κ2) is 8.62. The first kappa shape index (κ1) is 20.0. The number of hydrogen-bond donors (Lipinski definition) is 4. The van der Waals surface area contributed by atoms with Gasteiger partial charge in [-0.25, -0.2) is 9.37 Å². The number of halogens is 1. The number of anilines is 3. The minimum atomic E-state index is -0.747. The third-order valence-electron chi connectivity index (χ3n) is 5.57. The molecule has 0 radical (unpaired) electrons. The molecule has 2 aromatic heterocycles. The normalized spacial score (nSPS) is 18.9. The van der Waals surface area contributed by atoms with Gasteiger partial charge in [0, 0.05) is 29.4 Å². The summed E-state index contributed by atoms with van der Waals surface area (Å²) >= 11 is 0. The van der Waals surface area contributed by atoms with E-state index in [0.717, 1.165) is 42.7 Å². The van der Waals surface area contributed by atoms with Crippen molar-refractivity contribution in [3.8, 4) is 0 Å². The lowest BCUT2D eigenvalue weighted by atomic mass is 9.90. The first-order valence-electron chi connectivity index (χ1n) is 10.1. The van der Waals surface area contributed by atoms with Gasteiger partial charge in [0.25, 0.3) is 5.91 Å². The lowest BCUT2D eigenvalue weighted by Gasteiger charge is -2.32. The van der Waals surface area contributed by atoms with Crippen LogP contribution >= 0.6 is 0 Å². The van der Waals surface area contributed by atoms with E-state index in [9.17, 15) is 9.18 Å². The number of nitrogens with two attached hydrogens (primary N) is 1. The average molecular weight is 408 g/mol. The minimum Gasteiger partial charge on any atom is -0.365 e. The van der Waals surface area contributed by atoms with Crippen LogP contribution in [0.1, 0.15) is 36.0 Å². The Hall–Kier alpha value is -3.26. The highest BCUT2D eigenvalue weighted by molar-refractivity contribution is 5.99. The molecule has 156 valence electrons. The Morgan fingerprint density at radius 3 is 2.70 bits per heavy atom. The van der Waals surface area contributed by atoms with E-state index in [2.05, 4.69) is 25.9 Å². The van der Waals surface area contributed by atoms with Gasteiger partial charge in [0.05, 0.1) is 11.1 Å². The summed E-state index contributed by atoms with van der Waals surface area (Å²) in [5, 5.41) is 10.6. The Morgan fingerprint density at radius 2 is 1.93 bits per heavy atom. The second-order valence-electron chi connectivity index (χ2n) is 7.55. The van der Waals surface area contributed by atoms with Gasteiger partial charge in [-0.1, -0.05) is 18.9 Å². The van der Waals surface area contributed by atoms with Crippen LogP contribution in [0.2, 0.25) is 0 Å². The van der Waals surface area contributed by atoms with Crippen molar-refractivity contribution in [2.75, 3.05) is 17.7 Å². The van der Waals surface area contributed by atoms with Gasteiger partial charge in [0.15, 0.2) is 11.6 Å². The van der Waals surface area contributed by atoms with Crippen molar-refractivity contribution in [3.63, 3.8) is 0 Å². The highest BCUT2D eigenvalue weighted by atomic mass is 19.1. The summed E-state index contributed by atoms with van der Waals surface area (Å²) < 4.78 is 14.7. The first-order valence-corrected chi connectivity index (χ1v) is 10.1. The van der Waals surface area contributed by atoms with E-state index in [1.807, 2.05) is 37.4 Å². The molecule has 2 heterocycles. The molecule has 0 bridgehead atoms. The fraction of sp³-hybridized carbons (Fsp3) is 0.318. The number of hydrogen-bond acceptors (Lipinski definition) is 6. The molecule has 1 fully saturated rings. The van der Waals surface area contributed by atoms with Crippen LogP contribution in [0.15, 0.2) is 42.6 Å². The van der Waals surface area contributed by atoms with Gasteiger partial charge in [-0.2, -0.15) is 0 Å². The van der Waals surface area contributed by atoms with Crippen LogP contribution in [-0.4, -0.2) is 35.0 Å². The molecule has 1 aliphatic rings. The summed E-state index contributed by atoms with van der Waals surface area (Å²) in [6.45, 7) is 0. The van der Waals surface area contributed by atoms with Crippen molar-refractivity contribution in [1.29, 1.82) is 0 Å². The molecule has 4 rings (SSSR count). The molecule has 2 unspecified atom stereocenters. The first-order chi connectivity index (χ1) is 14.5. The van der Waals surface area contributed by atoms with Crippen LogP contribution in [0.3, 0.4) is 0 Å². The van der Waals surface area contributed by atoms with E-state index in [4.69, 9.17) is 5.73 Å². The number of benzene rings is 1. The van der Waals surface area contributed by atoms with E-state index >= 15 is 0 Å². The molecule has 7 nitrogen and oxygen atoms in total. The minimum absolute atomic E-state index is 0.00172. The fourth-order valence-corrected chi connectivity index (χ4v) is 3.99. The molecule has 1 amide bonds. The van der Waals surface area contributed by atoms with E-state index < -0.39 is 11.7 Å². The number of likely N-dealkylation sites (N-methyl/N-ethyl adjacent to an activating group) is 1. The van der Waals surface area contributed by atoms with Gasteiger partial charge >= 0.3 is 0 Å². The van der Waals surface area contributed by atoms with Crippen LogP contribution in [0.5, 0.6) is 0 Å². The average Bonchev–Trinajstić information content (AvgIpc) is 2.76. The predicted octanol–water partition coefficient (Wildman–Crippen LogP) is 3.55. The van der Waals surface area contributed by atoms with Crippen LogP contribution in [0, 0.1) is 5.82 Å². The molecule has 1 aliphatic carbocycles. The zero-order valence-corrected chi connectivity index (χ0v) is 16.8. The van der Waals surface area contributed by atoms with Gasteiger partial charge in [-0.3, -0.25) is 9.78 Å². The molecule has 2 atom stereocenters. The second-order valence-corrected chi connectivity index (χ2v) is 7.55. The lowest BCUT2D eigenvalue weighted by molar-refractivity contribution is 0.100. The number of aromatic nitrogens is 2. The van der Waals surface area contributed by atoms with E-state index in [0.29, 0.717) is 5.69 Å². The number of nitrogens with zero attached hydrogens (tertiary/aromatic N) is 2. The van der Waals surface area contributed by atoms with Gasteiger partial charge in [-0.05, 0) is 50.2 Å².